The van der Waals surface area contributed by atoms with Crippen molar-refractivity contribution in [3.8, 4) is 5.69 Å². The molecule has 28 heavy (non-hydrogen) atoms. The molecule has 2 aromatic carbocycles. The summed E-state index contributed by atoms with van der Waals surface area (Å²) in [6, 6.07) is 20.2. The van der Waals surface area contributed by atoms with Gasteiger partial charge in [0, 0.05) is 24.5 Å². The molecule has 1 amide bonds. The molecule has 2 aliphatic rings. The molecular weight excluding hydrogens is 348 g/mol. The van der Waals surface area contributed by atoms with Gasteiger partial charge in [0.1, 0.15) is 0 Å². The first-order valence-electron chi connectivity index (χ1n) is 9.48. The van der Waals surface area contributed by atoms with Crippen LogP contribution in [-0.4, -0.2) is 27.1 Å². The Hall–Kier alpha value is -3.47. The Balaban J connectivity index is 1.61. The molecule has 5 heteroatoms. The Morgan fingerprint density at radius 3 is 2.46 bits per heavy atom. The molecule has 1 aromatic heterocycles. The normalized spacial score (nSPS) is 15.6. The van der Waals surface area contributed by atoms with Crippen molar-refractivity contribution in [2.45, 2.75) is 19.9 Å². The number of hydrogen-bond acceptors (Lipinski definition) is 3. The van der Waals surface area contributed by atoms with Crippen molar-refractivity contribution in [3.05, 3.63) is 94.4 Å². The second kappa shape index (κ2) is 6.60. The van der Waals surface area contributed by atoms with Gasteiger partial charge in [-0.3, -0.25) is 4.79 Å². The van der Waals surface area contributed by atoms with Gasteiger partial charge in [-0.05, 0) is 36.6 Å². The highest BCUT2D eigenvalue weighted by atomic mass is 16.1. The van der Waals surface area contributed by atoms with E-state index >= 15 is 0 Å². The third-order valence-electron chi connectivity index (χ3n) is 5.29. The molecule has 0 N–H and O–H groups in total. The molecule has 0 saturated heterocycles. The molecule has 0 atom stereocenters. The fourth-order valence-corrected chi connectivity index (χ4v) is 3.98. The van der Waals surface area contributed by atoms with Crippen molar-refractivity contribution >= 4 is 11.5 Å². The molecule has 2 aliphatic heterocycles. The number of nitrogens with zero attached hydrogens (tertiary/aromatic N) is 4. The first-order chi connectivity index (χ1) is 13.7. The van der Waals surface area contributed by atoms with Crippen LogP contribution in [0.25, 0.3) is 11.3 Å². The number of benzene rings is 2. The van der Waals surface area contributed by atoms with E-state index in [-0.39, 0.29) is 5.91 Å². The summed E-state index contributed by atoms with van der Waals surface area (Å²) in [5, 5.41) is 5.69. The van der Waals surface area contributed by atoms with Gasteiger partial charge in [-0.1, -0.05) is 48.5 Å². The van der Waals surface area contributed by atoms with E-state index in [2.05, 4.69) is 27.1 Å². The molecule has 0 unspecified atom stereocenters. The second-order valence-electron chi connectivity index (χ2n) is 7.18. The van der Waals surface area contributed by atoms with Crippen LogP contribution in [0.1, 0.15) is 17.7 Å². The highest BCUT2D eigenvalue weighted by Crippen LogP contribution is 2.25. The van der Waals surface area contributed by atoms with E-state index in [1.54, 1.807) is 4.68 Å². The molecule has 0 bridgehead atoms. The van der Waals surface area contributed by atoms with E-state index in [9.17, 15) is 4.79 Å². The number of amides is 1. The van der Waals surface area contributed by atoms with Gasteiger partial charge in [-0.25, -0.2) is 4.68 Å². The van der Waals surface area contributed by atoms with Crippen molar-refractivity contribution in [2.75, 3.05) is 6.54 Å². The van der Waals surface area contributed by atoms with Crippen molar-refractivity contribution in [1.29, 1.82) is 0 Å². The molecule has 3 aromatic rings. The second-order valence-corrected chi connectivity index (χ2v) is 7.18. The predicted molar refractivity (Wildman–Crippen MR) is 107 cm³/mol. The summed E-state index contributed by atoms with van der Waals surface area (Å²) in [6.07, 6.45) is 2.79. The third-order valence-corrected chi connectivity index (χ3v) is 5.29. The largest absolute Gasteiger partial charge is 0.372 e. The lowest BCUT2D eigenvalue weighted by Gasteiger charge is -2.28. The van der Waals surface area contributed by atoms with E-state index in [4.69, 9.17) is 0 Å². The van der Waals surface area contributed by atoms with E-state index in [0.29, 0.717) is 11.1 Å². The maximum Gasteiger partial charge on any atom is 0.280 e. The number of aromatic nitrogens is 2. The van der Waals surface area contributed by atoms with Gasteiger partial charge in [0.05, 0.1) is 17.0 Å². The lowest BCUT2D eigenvalue weighted by atomic mass is 9.95. The van der Waals surface area contributed by atoms with Gasteiger partial charge >= 0.3 is 0 Å². The smallest absolute Gasteiger partial charge is 0.280 e. The van der Waals surface area contributed by atoms with E-state index in [0.717, 1.165) is 41.7 Å². The third kappa shape index (κ3) is 2.76. The van der Waals surface area contributed by atoms with Gasteiger partial charge in [0.15, 0.2) is 5.49 Å². The maximum absolute atomic E-state index is 12.9. The van der Waals surface area contributed by atoms with Crippen molar-refractivity contribution in [2.24, 2.45) is 4.99 Å². The monoisotopic (exact) mass is 368 g/mol. The number of para-hydroxylation sites is 1. The zero-order chi connectivity index (χ0) is 19.1. The molecule has 0 fully saturated rings. The molecule has 3 heterocycles. The van der Waals surface area contributed by atoms with Crippen molar-refractivity contribution < 1.29 is 4.79 Å². The van der Waals surface area contributed by atoms with E-state index in [1.165, 1.54) is 5.56 Å². The van der Waals surface area contributed by atoms with Gasteiger partial charge in [-0.15, -0.1) is 0 Å². The molecule has 0 radical (unpaired) electrons. The number of carbonyl (C=O) groups excluding carboxylic acids is 1. The minimum atomic E-state index is -0.183. The molecule has 138 valence electrons. The van der Waals surface area contributed by atoms with Crippen LogP contribution in [0.3, 0.4) is 0 Å². The first kappa shape index (κ1) is 16.7. The summed E-state index contributed by atoms with van der Waals surface area (Å²) in [5.74, 6) is -0.183. The standard InChI is InChI=1S/C23H20N4O/c1-16-21-19-12-13-26(14-17-8-4-2-5-9-17)15-20(19)23(28)24-22(21)27(25-16)18-10-6-3-7-11-18/h2-11,15H,12-14H2,1H3. The number of fused-ring (bicyclic) bond motifs is 2. The topological polar surface area (TPSA) is 50.5 Å². The zero-order valence-electron chi connectivity index (χ0n) is 15.7. The number of aryl methyl sites for hydroxylation is 1. The Kier molecular flexibility index (Phi) is 3.93. The lowest BCUT2D eigenvalue weighted by Crippen LogP contribution is -2.40. The molecule has 0 spiro atoms. The maximum atomic E-state index is 12.9. The molecule has 0 saturated carbocycles. The van der Waals surface area contributed by atoms with Crippen LogP contribution in [0.15, 0.2) is 77.4 Å². The summed E-state index contributed by atoms with van der Waals surface area (Å²) >= 11 is 0. The highest BCUT2D eigenvalue weighted by Gasteiger charge is 2.27. The first-order valence-corrected chi connectivity index (χ1v) is 9.48. The fraction of sp³-hybridized carbons (Fsp3) is 0.174. The minimum Gasteiger partial charge on any atom is -0.372 e. The quantitative estimate of drug-likeness (QED) is 0.713. The molecule has 5 nitrogen and oxygen atoms in total. The average molecular weight is 368 g/mol. The predicted octanol–water partition coefficient (Wildman–Crippen LogP) is 2.28. The Morgan fingerprint density at radius 1 is 1.00 bits per heavy atom. The van der Waals surface area contributed by atoms with Crippen LogP contribution in [0.4, 0.5) is 0 Å². The fourth-order valence-electron chi connectivity index (χ4n) is 3.98. The SMILES string of the molecule is Cc1nn(-c2ccccc2)c2c1=C1CCN(Cc3ccccc3)C=C1C(=O)N=2. The van der Waals surface area contributed by atoms with Crippen LogP contribution in [0.2, 0.25) is 0 Å². The zero-order valence-corrected chi connectivity index (χ0v) is 15.7. The lowest BCUT2D eigenvalue weighted by molar-refractivity contribution is -0.114. The van der Waals surface area contributed by atoms with Crippen LogP contribution < -0.4 is 10.7 Å². The van der Waals surface area contributed by atoms with Gasteiger partial charge in [-0.2, -0.15) is 10.1 Å². The van der Waals surface area contributed by atoms with Crippen molar-refractivity contribution in [1.82, 2.24) is 14.7 Å². The number of rotatable bonds is 3. The van der Waals surface area contributed by atoms with Crippen molar-refractivity contribution in [3.63, 3.8) is 0 Å². The van der Waals surface area contributed by atoms with Crippen LogP contribution in [0, 0.1) is 6.92 Å². The summed E-state index contributed by atoms with van der Waals surface area (Å²) in [4.78, 5) is 19.5. The summed E-state index contributed by atoms with van der Waals surface area (Å²) in [6.45, 7) is 3.65. The van der Waals surface area contributed by atoms with Gasteiger partial charge < -0.3 is 4.90 Å². The number of carbonyl (C=O) groups is 1. The van der Waals surface area contributed by atoms with Crippen LogP contribution >= 0.6 is 0 Å². The molecular formula is C23H20N4O. The van der Waals surface area contributed by atoms with Crippen LogP contribution in [0.5, 0.6) is 0 Å². The van der Waals surface area contributed by atoms with E-state index in [1.807, 2.05) is 61.7 Å². The Labute approximate surface area is 162 Å². The Bertz CT molecular complexity index is 1210. The Morgan fingerprint density at radius 2 is 1.71 bits per heavy atom. The summed E-state index contributed by atoms with van der Waals surface area (Å²) in [7, 11) is 0. The van der Waals surface area contributed by atoms with Gasteiger partial charge in [0.2, 0.25) is 0 Å². The highest BCUT2D eigenvalue weighted by molar-refractivity contribution is 6.07. The summed E-state index contributed by atoms with van der Waals surface area (Å²) in [5.41, 5.74) is 5.48. The molecule has 5 rings (SSSR count). The molecule has 0 aliphatic carbocycles. The van der Waals surface area contributed by atoms with Gasteiger partial charge in [0.25, 0.3) is 5.91 Å². The van der Waals surface area contributed by atoms with Crippen LogP contribution in [-0.2, 0) is 11.3 Å². The average Bonchev–Trinajstić information content (AvgIpc) is 3.06. The summed E-state index contributed by atoms with van der Waals surface area (Å²) < 4.78 is 1.78. The minimum absolute atomic E-state index is 0.183. The number of hydrogen-bond donors (Lipinski definition) is 0. The van der Waals surface area contributed by atoms with E-state index < -0.39 is 0 Å².